The van der Waals surface area contributed by atoms with E-state index in [0.29, 0.717) is 24.2 Å². The van der Waals surface area contributed by atoms with Gasteiger partial charge in [-0.25, -0.2) is 0 Å². The summed E-state index contributed by atoms with van der Waals surface area (Å²) in [4.78, 5) is 22.0. The first-order valence-corrected chi connectivity index (χ1v) is 5.73. The van der Waals surface area contributed by atoms with Crippen molar-refractivity contribution >= 4 is 11.8 Å². The van der Waals surface area contributed by atoms with Crippen LogP contribution in [0.15, 0.2) is 0 Å². The molecule has 0 spiro atoms. The van der Waals surface area contributed by atoms with Crippen LogP contribution in [0, 0.1) is 17.8 Å². The van der Waals surface area contributed by atoms with Crippen molar-refractivity contribution in [2.75, 3.05) is 0 Å². The first kappa shape index (κ1) is 10.7. The van der Waals surface area contributed by atoms with Crippen LogP contribution < -0.4 is 0 Å². The average Bonchev–Trinajstić information content (AvgIpc) is 2.59. The van der Waals surface area contributed by atoms with E-state index in [1.807, 2.05) is 0 Å². The second-order valence-electron chi connectivity index (χ2n) is 5.05. The third-order valence-electron chi connectivity index (χ3n) is 3.76. The Labute approximate surface area is 90.2 Å². The Balaban J connectivity index is 1.96. The van der Waals surface area contributed by atoms with Crippen molar-refractivity contribution in [1.82, 2.24) is 0 Å². The smallest absolute Gasteiger partial charge is 0.302 e. The number of esters is 1. The molecule has 3 nitrogen and oxygen atoms in total. The normalized spacial score (nSPS) is 38.0. The molecule has 2 aliphatic rings. The van der Waals surface area contributed by atoms with Crippen molar-refractivity contribution in [3.63, 3.8) is 0 Å². The summed E-state index contributed by atoms with van der Waals surface area (Å²) >= 11 is 0. The molecule has 3 heteroatoms. The van der Waals surface area contributed by atoms with Gasteiger partial charge in [-0.1, -0.05) is 0 Å². The van der Waals surface area contributed by atoms with Gasteiger partial charge < -0.3 is 9.53 Å². The van der Waals surface area contributed by atoms with Gasteiger partial charge in [0.05, 0.1) is 0 Å². The largest absolute Gasteiger partial charge is 0.462 e. The van der Waals surface area contributed by atoms with Crippen molar-refractivity contribution in [2.24, 2.45) is 17.8 Å². The first-order valence-electron chi connectivity index (χ1n) is 5.73. The molecule has 2 rings (SSSR count). The maximum absolute atomic E-state index is 11.1. The number of Topliss-reactive ketones (excluding diaryl/α,β-unsaturated/α-hetero) is 1. The van der Waals surface area contributed by atoms with Crippen LogP contribution in [0.3, 0.4) is 0 Å². The molecule has 0 aromatic heterocycles. The number of ketones is 1. The minimum absolute atomic E-state index is 0.0885. The van der Waals surface area contributed by atoms with Gasteiger partial charge >= 0.3 is 5.97 Å². The van der Waals surface area contributed by atoms with Crippen LogP contribution in [0.2, 0.25) is 0 Å². The SMILES string of the molecule is CC(=O)CC1CC2CC(OC(C)=O)C1C2. The van der Waals surface area contributed by atoms with Crippen LogP contribution in [-0.4, -0.2) is 17.9 Å². The quantitative estimate of drug-likeness (QED) is 0.669. The summed E-state index contributed by atoms with van der Waals surface area (Å²) in [5.74, 6) is 1.67. The van der Waals surface area contributed by atoms with Crippen LogP contribution >= 0.6 is 0 Å². The number of fused-ring (bicyclic) bond motifs is 2. The molecule has 0 amide bonds. The summed E-state index contributed by atoms with van der Waals surface area (Å²) in [6.07, 6.45) is 4.07. The number of carbonyl (C=O) groups excluding carboxylic acids is 2. The van der Waals surface area contributed by atoms with Crippen LogP contribution in [-0.2, 0) is 14.3 Å². The minimum Gasteiger partial charge on any atom is -0.462 e. The standard InChI is InChI=1S/C12H18O3/c1-7(13)3-10-4-9-5-11(10)12(6-9)15-8(2)14/h9-12H,3-6H2,1-2H3. The Morgan fingerprint density at radius 3 is 2.47 bits per heavy atom. The Morgan fingerprint density at radius 1 is 1.20 bits per heavy atom. The van der Waals surface area contributed by atoms with E-state index >= 15 is 0 Å². The summed E-state index contributed by atoms with van der Waals surface area (Å²) in [5.41, 5.74) is 0. The van der Waals surface area contributed by atoms with Gasteiger partial charge in [0.15, 0.2) is 0 Å². The van der Waals surface area contributed by atoms with E-state index < -0.39 is 0 Å². The van der Waals surface area contributed by atoms with Crippen molar-refractivity contribution in [3.8, 4) is 0 Å². The third kappa shape index (κ3) is 2.21. The molecule has 2 bridgehead atoms. The minimum atomic E-state index is -0.186. The highest BCUT2D eigenvalue weighted by Gasteiger charge is 2.47. The third-order valence-corrected chi connectivity index (χ3v) is 3.76. The number of hydrogen-bond donors (Lipinski definition) is 0. The van der Waals surface area contributed by atoms with Crippen LogP contribution in [0.5, 0.6) is 0 Å². The average molecular weight is 210 g/mol. The van der Waals surface area contributed by atoms with E-state index in [9.17, 15) is 9.59 Å². The van der Waals surface area contributed by atoms with Crippen molar-refractivity contribution in [1.29, 1.82) is 0 Å². The fourth-order valence-corrected chi connectivity index (χ4v) is 3.38. The van der Waals surface area contributed by atoms with Gasteiger partial charge in [-0.3, -0.25) is 4.79 Å². The summed E-state index contributed by atoms with van der Waals surface area (Å²) in [6.45, 7) is 3.11. The maximum atomic E-state index is 11.1. The fourth-order valence-electron chi connectivity index (χ4n) is 3.38. The van der Waals surface area contributed by atoms with Crippen LogP contribution in [0.1, 0.15) is 39.5 Å². The van der Waals surface area contributed by atoms with Gasteiger partial charge in [-0.15, -0.1) is 0 Å². The highest BCUT2D eigenvalue weighted by Crippen LogP contribution is 2.50. The van der Waals surface area contributed by atoms with Gasteiger partial charge in [0.25, 0.3) is 0 Å². The van der Waals surface area contributed by atoms with E-state index in [4.69, 9.17) is 4.74 Å². The summed E-state index contributed by atoms with van der Waals surface area (Å²) < 4.78 is 5.31. The Morgan fingerprint density at radius 2 is 1.93 bits per heavy atom. The molecule has 2 saturated carbocycles. The molecular weight excluding hydrogens is 192 g/mol. The topological polar surface area (TPSA) is 43.4 Å². The summed E-state index contributed by atoms with van der Waals surface area (Å²) in [7, 11) is 0. The molecular formula is C12H18O3. The number of carbonyl (C=O) groups is 2. The van der Waals surface area contributed by atoms with E-state index in [0.717, 1.165) is 19.3 Å². The van der Waals surface area contributed by atoms with Gasteiger partial charge in [0, 0.05) is 13.3 Å². The summed E-state index contributed by atoms with van der Waals surface area (Å²) in [6, 6.07) is 0. The number of ether oxygens (including phenoxy) is 1. The van der Waals surface area contributed by atoms with Crippen LogP contribution in [0.25, 0.3) is 0 Å². The van der Waals surface area contributed by atoms with Crippen molar-refractivity contribution in [3.05, 3.63) is 0 Å². The van der Waals surface area contributed by atoms with Gasteiger partial charge in [0.2, 0.25) is 0 Å². The highest BCUT2D eigenvalue weighted by atomic mass is 16.5. The van der Waals surface area contributed by atoms with E-state index in [1.54, 1.807) is 6.92 Å². The number of rotatable bonds is 3. The predicted octanol–water partition coefficient (Wildman–Crippen LogP) is 1.94. The highest BCUT2D eigenvalue weighted by molar-refractivity contribution is 5.75. The lowest BCUT2D eigenvalue weighted by Gasteiger charge is -2.28. The van der Waals surface area contributed by atoms with E-state index in [1.165, 1.54) is 6.92 Å². The molecule has 0 heterocycles. The molecule has 0 radical (unpaired) electrons. The predicted molar refractivity (Wildman–Crippen MR) is 55.2 cm³/mol. The van der Waals surface area contributed by atoms with E-state index in [-0.39, 0.29) is 17.9 Å². The lowest BCUT2D eigenvalue weighted by molar-refractivity contribution is -0.149. The molecule has 84 valence electrons. The van der Waals surface area contributed by atoms with Gasteiger partial charge in [-0.2, -0.15) is 0 Å². The van der Waals surface area contributed by atoms with Gasteiger partial charge in [-0.05, 0) is 43.9 Å². The first-order chi connectivity index (χ1) is 7.06. The molecule has 0 aromatic rings. The monoisotopic (exact) mass is 210 g/mol. The molecule has 0 aliphatic heterocycles. The molecule has 2 fully saturated rings. The molecule has 15 heavy (non-hydrogen) atoms. The zero-order valence-electron chi connectivity index (χ0n) is 9.36. The zero-order valence-corrected chi connectivity index (χ0v) is 9.36. The van der Waals surface area contributed by atoms with Crippen molar-refractivity contribution < 1.29 is 14.3 Å². The van der Waals surface area contributed by atoms with Gasteiger partial charge in [0.1, 0.15) is 11.9 Å². The second-order valence-corrected chi connectivity index (χ2v) is 5.05. The maximum Gasteiger partial charge on any atom is 0.302 e. The molecule has 0 N–H and O–H groups in total. The lowest BCUT2D eigenvalue weighted by Crippen LogP contribution is -2.29. The molecule has 0 aromatic carbocycles. The Hall–Kier alpha value is -0.860. The Bertz CT molecular complexity index is 259. The second kappa shape index (κ2) is 3.95. The van der Waals surface area contributed by atoms with E-state index in [2.05, 4.69) is 0 Å². The van der Waals surface area contributed by atoms with Crippen LogP contribution in [0.4, 0.5) is 0 Å². The molecule has 4 unspecified atom stereocenters. The number of hydrogen-bond acceptors (Lipinski definition) is 3. The fraction of sp³-hybridized carbons (Fsp3) is 0.833. The summed E-state index contributed by atoms with van der Waals surface area (Å²) in [5, 5.41) is 0. The van der Waals surface area contributed by atoms with Crippen molar-refractivity contribution in [2.45, 2.75) is 45.6 Å². The Kier molecular flexibility index (Phi) is 2.81. The molecule has 4 atom stereocenters. The lowest BCUT2D eigenvalue weighted by atomic mass is 9.83. The molecule has 2 aliphatic carbocycles. The zero-order chi connectivity index (χ0) is 11.0. The molecule has 0 saturated heterocycles.